The minimum atomic E-state index is -3.31. The van der Waals surface area contributed by atoms with Gasteiger partial charge in [-0.25, -0.2) is 12.7 Å². The minimum Gasteiger partial charge on any atom is -0.497 e. The van der Waals surface area contributed by atoms with Gasteiger partial charge in [-0.2, -0.15) is 0 Å². The molecule has 2 aromatic carbocycles. The van der Waals surface area contributed by atoms with Crippen LogP contribution >= 0.6 is 0 Å². The quantitative estimate of drug-likeness (QED) is 0.727. The van der Waals surface area contributed by atoms with Crippen LogP contribution in [0.25, 0.3) is 0 Å². The highest BCUT2D eigenvalue weighted by Crippen LogP contribution is 2.27. The van der Waals surface area contributed by atoms with Crippen molar-refractivity contribution in [3.8, 4) is 11.5 Å². The number of nitrogens with zero attached hydrogens (tertiary/aromatic N) is 1. The van der Waals surface area contributed by atoms with Gasteiger partial charge in [-0.1, -0.05) is 24.3 Å². The second kappa shape index (κ2) is 9.49. The molecule has 2 aromatic rings. The molecule has 1 unspecified atom stereocenters. The first-order valence-electron chi connectivity index (χ1n) is 9.85. The van der Waals surface area contributed by atoms with E-state index in [4.69, 9.17) is 9.47 Å². The van der Waals surface area contributed by atoms with Gasteiger partial charge in [0.05, 0.1) is 32.4 Å². The van der Waals surface area contributed by atoms with E-state index in [2.05, 4.69) is 5.32 Å². The van der Waals surface area contributed by atoms with Gasteiger partial charge in [0.2, 0.25) is 15.9 Å². The Hall–Kier alpha value is -2.58. The zero-order valence-corrected chi connectivity index (χ0v) is 18.3. The van der Waals surface area contributed by atoms with Gasteiger partial charge in [-0.05, 0) is 48.2 Å². The van der Waals surface area contributed by atoms with Crippen LogP contribution in [0.4, 0.5) is 0 Å². The molecule has 162 valence electrons. The molecule has 1 aliphatic rings. The molecule has 1 fully saturated rings. The zero-order chi connectivity index (χ0) is 21.7. The summed E-state index contributed by atoms with van der Waals surface area (Å²) >= 11 is 0. The SMILES string of the molecule is COc1ccc(C(NC(=O)C2CCCN(S(C)(=O)=O)C2)c2ccc(OC)cc2)cc1. The molecule has 1 heterocycles. The third-order valence-corrected chi connectivity index (χ3v) is 6.68. The maximum Gasteiger partial charge on any atom is 0.225 e. The maximum absolute atomic E-state index is 13.1. The fraction of sp³-hybridized carbons (Fsp3) is 0.409. The Morgan fingerprint density at radius 1 is 1.00 bits per heavy atom. The molecule has 1 amide bonds. The molecule has 30 heavy (non-hydrogen) atoms. The van der Waals surface area contributed by atoms with Crippen molar-refractivity contribution in [2.75, 3.05) is 33.6 Å². The van der Waals surface area contributed by atoms with Crippen LogP contribution in [0.2, 0.25) is 0 Å². The summed E-state index contributed by atoms with van der Waals surface area (Å²) in [6.45, 7) is 0.672. The van der Waals surface area contributed by atoms with Crippen LogP contribution in [0.3, 0.4) is 0 Å². The summed E-state index contributed by atoms with van der Waals surface area (Å²) in [6.07, 6.45) is 2.52. The van der Waals surface area contributed by atoms with Gasteiger partial charge in [0.25, 0.3) is 0 Å². The fourth-order valence-corrected chi connectivity index (χ4v) is 4.58. The fourth-order valence-electron chi connectivity index (χ4n) is 3.67. The Morgan fingerprint density at radius 3 is 1.93 bits per heavy atom. The van der Waals surface area contributed by atoms with Gasteiger partial charge < -0.3 is 14.8 Å². The van der Waals surface area contributed by atoms with E-state index in [1.165, 1.54) is 10.6 Å². The molecule has 1 aliphatic heterocycles. The molecule has 1 atom stereocenters. The highest BCUT2D eigenvalue weighted by molar-refractivity contribution is 7.88. The standard InChI is InChI=1S/C22H28N2O5S/c1-28-19-10-6-16(7-11-19)21(17-8-12-20(29-2)13-9-17)23-22(25)18-5-4-14-24(15-18)30(3,26)27/h6-13,18,21H,4-5,14-15H2,1-3H3,(H,23,25). The van der Waals surface area contributed by atoms with Crippen LogP contribution in [0.1, 0.15) is 30.0 Å². The van der Waals surface area contributed by atoms with Gasteiger partial charge in [-0.3, -0.25) is 4.79 Å². The van der Waals surface area contributed by atoms with Crippen LogP contribution in [-0.4, -0.2) is 52.2 Å². The van der Waals surface area contributed by atoms with Crippen LogP contribution < -0.4 is 14.8 Å². The second-order valence-electron chi connectivity index (χ2n) is 7.45. The van der Waals surface area contributed by atoms with Crippen molar-refractivity contribution in [3.63, 3.8) is 0 Å². The number of rotatable bonds is 7. The second-order valence-corrected chi connectivity index (χ2v) is 9.43. The topological polar surface area (TPSA) is 84.9 Å². The van der Waals surface area contributed by atoms with Crippen molar-refractivity contribution >= 4 is 15.9 Å². The highest BCUT2D eigenvalue weighted by Gasteiger charge is 2.31. The van der Waals surface area contributed by atoms with Crippen LogP contribution in [0.15, 0.2) is 48.5 Å². The predicted octanol–water partition coefficient (Wildman–Crippen LogP) is 2.58. The highest BCUT2D eigenvalue weighted by atomic mass is 32.2. The van der Waals surface area contributed by atoms with E-state index in [0.29, 0.717) is 19.4 Å². The Bertz CT molecular complexity index is 911. The molecule has 1 saturated heterocycles. The van der Waals surface area contributed by atoms with Crippen molar-refractivity contribution in [1.29, 1.82) is 0 Å². The van der Waals surface area contributed by atoms with E-state index in [1.54, 1.807) is 14.2 Å². The third kappa shape index (κ3) is 5.31. The molecular formula is C22H28N2O5S. The molecule has 0 aliphatic carbocycles. The molecule has 0 radical (unpaired) electrons. The Morgan fingerprint density at radius 2 is 1.50 bits per heavy atom. The van der Waals surface area contributed by atoms with Gasteiger partial charge >= 0.3 is 0 Å². The number of hydrogen-bond donors (Lipinski definition) is 1. The molecule has 0 bridgehead atoms. The molecule has 0 saturated carbocycles. The molecule has 1 N–H and O–H groups in total. The number of carbonyl (C=O) groups is 1. The average molecular weight is 433 g/mol. The number of carbonyl (C=O) groups excluding carboxylic acids is 1. The maximum atomic E-state index is 13.1. The lowest BCUT2D eigenvalue weighted by molar-refractivity contribution is -0.126. The van der Waals surface area contributed by atoms with Gasteiger partial charge in [0, 0.05) is 13.1 Å². The normalized spacial score (nSPS) is 17.5. The summed E-state index contributed by atoms with van der Waals surface area (Å²) in [6, 6.07) is 14.7. The van der Waals surface area contributed by atoms with E-state index in [9.17, 15) is 13.2 Å². The lowest BCUT2D eigenvalue weighted by Crippen LogP contribution is -2.45. The zero-order valence-electron chi connectivity index (χ0n) is 17.5. The lowest BCUT2D eigenvalue weighted by Gasteiger charge is -2.31. The molecule has 7 nitrogen and oxygen atoms in total. The summed E-state index contributed by atoms with van der Waals surface area (Å²) in [5, 5.41) is 3.12. The largest absolute Gasteiger partial charge is 0.497 e. The number of methoxy groups -OCH3 is 2. The molecule has 3 rings (SSSR count). The summed E-state index contributed by atoms with van der Waals surface area (Å²) in [5.41, 5.74) is 1.81. The van der Waals surface area contributed by atoms with E-state index in [1.807, 2.05) is 48.5 Å². The minimum absolute atomic E-state index is 0.153. The Balaban J connectivity index is 1.84. The van der Waals surface area contributed by atoms with Crippen molar-refractivity contribution in [1.82, 2.24) is 9.62 Å². The predicted molar refractivity (Wildman–Crippen MR) is 115 cm³/mol. The number of piperidine rings is 1. The number of ether oxygens (including phenoxy) is 2. The first-order chi connectivity index (χ1) is 14.3. The van der Waals surface area contributed by atoms with Crippen molar-refractivity contribution in [2.24, 2.45) is 5.92 Å². The van der Waals surface area contributed by atoms with E-state index >= 15 is 0 Å². The Labute approximate surface area is 178 Å². The van der Waals surface area contributed by atoms with E-state index in [-0.39, 0.29) is 24.4 Å². The first-order valence-corrected chi connectivity index (χ1v) is 11.7. The number of sulfonamides is 1. The number of hydrogen-bond acceptors (Lipinski definition) is 5. The molecule has 0 spiro atoms. The van der Waals surface area contributed by atoms with Gasteiger partial charge in [0.15, 0.2) is 0 Å². The van der Waals surface area contributed by atoms with Crippen LogP contribution in [0, 0.1) is 5.92 Å². The Kier molecular flexibility index (Phi) is 6.99. The molecular weight excluding hydrogens is 404 g/mol. The smallest absolute Gasteiger partial charge is 0.225 e. The first kappa shape index (κ1) is 22.1. The molecule has 8 heteroatoms. The van der Waals surface area contributed by atoms with E-state index in [0.717, 1.165) is 22.6 Å². The number of nitrogens with one attached hydrogen (secondary N) is 1. The third-order valence-electron chi connectivity index (χ3n) is 5.41. The average Bonchev–Trinajstić information content (AvgIpc) is 2.77. The van der Waals surface area contributed by atoms with Crippen LogP contribution in [-0.2, 0) is 14.8 Å². The summed E-state index contributed by atoms with van der Waals surface area (Å²) in [7, 11) is -0.104. The molecule has 0 aromatic heterocycles. The number of amides is 1. The summed E-state index contributed by atoms with van der Waals surface area (Å²) in [5.74, 6) is 0.928. The number of benzene rings is 2. The van der Waals surface area contributed by atoms with Crippen molar-refractivity contribution in [2.45, 2.75) is 18.9 Å². The van der Waals surface area contributed by atoms with Crippen molar-refractivity contribution in [3.05, 3.63) is 59.7 Å². The van der Waals surface area contributed by atoms with Crippen molar-refractivity contribution < 1.29 is 22.7 Å². The van der Waals surface area contributed by atoms with Gasteiger partial charge in [0.1, 0.15) is 11.5 Å². The summed E-state index contributed by atoms with van der Waals surface area (Å²) < 4.78 is 35.7. The summed E-state index contributed by atoms with van der Waals surface area (Å²) in [4.78, 5) is 13.1. The lowest BCUT2D eigenvalue weighted by atomic mass is 9.95. The van der Waals surface area contributed by atoms with Gasteiger partial charge in [-0.15, -0.1) is 0 Å². The van der Waals surface area contributed by atoms with Crippen LogP contribution in [0.5, 0.6) is 11.5 Å². The monoisotopic (exact) mass is 432 g/mol. The van der Waals surface area contributed by atoms with E-state index < -0.39 is 10.0 Å².